The molecule has 6 heteroatoms. The van der Waals surface area contributed by atoms with Gasteiger partial charge < -0.3 is 15.1 Å². The molecule has 0 spiro atoms. The summed E-state index contributed by atoms with van der Waals surface area (Å²) < 4.78 is 0. The number of anilines is 3. The van der Waals surface area contributed by atoms with Crippen molar-refractivity contribution >= 4 is 17.3 Å². The van der Waals surface area contributed by atoms with Crippen molar-refractivity contribution in [2.75, 3.05) is 28.2 Å². The fourth-order valence-corrected chi connectivity index (χ4v) is 4.25. The third kappa shape index (κ3) is 3.31. The van der Waals surface area contributed by atoms with Crippen molar-refractivity contribution in [1.29, 1.82) is 0 Å². The minimum atomic E-state index is 0.370. The third-order valence-corrected chi connectivity index (χ3v) is 5.65. The van der Waals surface area contributed by atoms with E-state index in [0.717, 1.165) is 60.2 Å². The van der Waals surface area contributed by atoms with Crippen LogP contribution in [0.4, 0.5) is 17.3 Å². The highest BCUT2D eigenvalue weighted by atomic mass is 15.4. The van der Waals surface area contributed by atoms with Gasteiger partial charge in [0.1, 0.15) is 11.6 Å². The van der Waals surface area contributed by atoms with Gasteiger partial charge in [-0.05, 0) is 55.7 Å². The lowest BCUT2D eigenvalue weighted by atomic mass is 10.1. The molecule has 6 nitrogen and oxygen atoms in total. The normalized spacial score (nSPS) is 15.8. The first kappa shape index (κ1) is 17.7. The van der Waals surface area contributed by atoms with Gasteiger partial charge in [-0.25, -0.2) is 9.97 Å². The fraction of sp³-hybridized carbons (Fsp3) is 0.261. The summed E-state index contributed by atoms with van der Waals surface area (Å²) in [6.07, 6.45) is 7.69. The number of aryl methyl sites for hydroxylation is 1. The quantitative estimate of drug-likeness (QED) is 0.727. The summed E-state index contributed by atoms with van der Waals surface area (Å²) in [5.74, 6) is 2.56. The molecular formula is C23H24N6. The monoisotopic (exact) mass is 384 g/mol. The lowest BCUT2D eigenvalue weighted by Gasteiger charge is -2.34. The van der Waals surface area contributed by atoms with E-state index in [1.54, 1.807) is 6.20 Å². The molecule has 0 atom stereocenters. The predicted molar refractivity (Wildman–Crippen MR) is 117 cm³/mol. The standard InChI is InChI=1S/C23H24N6/c1-16-13-18(15-24-14-16)20-6-7-21-23(27-20)29(19-8-11-28(21)12-9-19)17(2)26-22-5-3-4-10-25-22/h3-7,10,13-15,19H,2,8-9,11-12H2,1H3,(H,25,26). The molecule has 29 heavy (non-hydrogen) atoms. The zero-order valence-corrected chi connectivity index (χ0v) is 16.5. The van der Waals surface area contributed by atoms with Crippen molar-refractivity contribution in [2.45, 2.75) is 25.8 Å². The van der Waals surface area contributed by atoms with Crippen LogP contribution in [0, 0.1) is 6.92 Å². The van der Waals surface area contributed by atoms with Crippen LogP contribution >= 0.6 is 0 Å². The first-order valence-corrected chi connectivity index (χ1v) is 10.0. The van der Waals surface area contributed by atoms with E-state index in [1.807, 2.05) is 30.6 Å². The molecule has 1 N–H and O–H groups in total. The van der Waals surface area contributed by atoms with Gasteiger partial charge in [-0.2, -0.15) is 0 Å². The second-order valence-corrected chi connectivity index (χ2v) is 7.67. The molecule has 3 aliphatic heterocycles. The number of pyridine rings is 3. The largest absolute Gasteiger partial charge is 0.368 e. The highest BCUT2D eigenvalue weighted by molar-refractivity contribution is 5.76. The van der Waals surface area contributed by atoms with E-state index in [1.165, 1.54) is 5.69 Å². The van der Waals surface area contributed by atoms with Crippen molar-refractivity contribution in [1.82, 2.24) is 15.0 Å². The Morgan fingerprint density at radius 1 is 1.14 bits per heavy atom. The molecular weight excluding hydrogens is 360 g/mol. The van der Waals surface area contributed by atoms with Crippen LogP contribution in [-0.4, -0.2) is 34.1 Å². The number of hydrogen-bond donors (Lipinski definition) is 1. The molecule has 6 heterocycles. The lowest BCUT2D eigenvalue weighted by molar-refractivity contribution is 0.500. The Labute approximate surface area is 170 Å². The number of rotatable bonds is 4. The summed E-state index contributed by atoms with van der Waals surface area (Å²) >= 11 is 0. The first-order chi connectivity index (χ1) is 14.2. The van der Waals surface area contributed by atoms with E-state index >= 15 is 0 Å². The minimum absolute atomic E-state index is 0.370. The maximum absolute atomic E-state index is 5.09. The Morgan fingerprint density at radius 3 is 2.76 bits per heavy atom. The van der Waals surface area contributed by atoms with Crippen molar-refractivity contribution in [2.24, 2.45) is 0 Å². The molecule has 0 aromatic carbocycles. The van der Waals surface area contributed by atoms with Gasteiger partial charge in [0, 0.05) is 43.3 Å². The van der Waals surface area contributed by atoms with Gasteiger partial charge in [-0.15, -0.1) is 0 Å². The molecule has 0 unspecified atom stereocenters. The van der Waals surface area contributed by atoms with Gasteiger partial charge >= 0.3 is 0 Å². The molecule has 146 valence electrons. The zero-order valence-electron chi connectivity index (χ0n) is 16.5. The van der Waals surface area contributed by atoms with Crippen LogP contribution in [0.5, 0.6) is 0 Å². The van der Waals surface area contributed by atoms with E-state index in [0.29, 0.717) is 6.04 Å². The van der Waals surface area contributed by atoms with Crippen LogP contribution in [0.1, 0.15) is 18.4 Å². The summed E-state index contributed by atoms with van der Waals surface area (Å²) in [5.41, 5.74) is 4.25. The van der Waals surface area contributed by atoms with Crippen molar-refractivity contribution in [3.8, 4) is 11.3 Å². The van der Waals surface area contributed by atoms with Gasteiger partial charge in [0.25, 0.3) is 0 Å². The number of fused-ring (bicyclic) bond motifs is 2. The molecule has 3 aromatic rings. The molecule has 3 aliphatic rings. The fourth-order valence-electron chi connectivity index (χ4n) is 4.25. The highest BCUT2D eigenvalue weighted by Crippen LogP contribution is 2.40. The van der Waals surface area contributed by atoms with Gasteiger partial charge in [0.2, 0.25) is 0 Å². The Bertz CT molecular complexity index is 1040. The molecule has 0 amide bonds. The number of aromatic nitrogens is 3. The molecule has 1 saturated heterocycles. The van der Waals surface area contributed by atoms with Crippen molar-refractivity contribution in [3.63, 3.8) is 0 Å². The topological polar surface area (TPSA) is 57.2 Å². The average Bonchev–Trinajstić information content (AvgIpc) is 3.00. The summed E-state index contributed by atoms with van der Waals surface area (Å²) in [7, 11) is 0. The smallest absolute Gasteiger partial charge is 0.158 e. The van der Waals surface area contributed by atoms with Gasteiger partial charge in [-0.1, -0.05) is 12.6 Å². The second kappa shape index (κ2) is 7.20. The third-order valence-electron chi connectivity index (χ3n) is 5.65. The predicted octanol–water partition coefficient (Wildman–Crippen LogP) is 4.22. The molecule has 3 aromatic heterocycles. The highest BCUT2D eigenvalue weighted by Gasteiger charge is 2.35. The van der Waals surface area contributed by atoms with Crippen LogP contribution in [-0.2, 0) is 0 Å². The number of piperidine rings is 1. The van der Waals surface area contributed by atoms with Crippen LogP contribution in [0.2, 0.25) is 0 Å². The Morgan fingerprint density at radius 2 is 2.00 bits per heavy atom. The van der Waals surface area contributed by atoms with E-state index in [4.69, 9.17) is 4.98 Å². The van der Waals surface area contributed by atoms with E-state index < -0.39 is 0 Å². The maximum atomic E-state index is 5.09. The molecule has 1 fully saturated rings. The lowest BCUT2D eigenvalue weighted by Crippen LogP contribution is -2.41. The molecule has 2 bridgehead atoms. The van der Waals surface area contributed by atoms with Gasteiger partial charge in [0.05, 0.1) is 11.4 Å². The second-order valence-electron chi connectivity index (χ2n) is 7.67. The molecule has 6 rings (SSSR count). The Kier molecular flexibility index (Phi) is 4.39. The number of nitrogens with zero attached hydrogens (tertiary/aromatic N) is 5. The Hall–Kier alpha value is -3.41. The van der Waals surface area contributed by atoms with E-state index in [9.17, 15) is 0 Å². The summed E-state index contributed by atoms with van der Waals surface area (Å²) in [5, 5.41) is 3.38. The SMILES string of the molecule is C=C(Nc1ccccn1)N1c2nc(-c3cncc(C)c3)ccc2N2CCC1CC2. The minimum Gasteiger partial charge on any atom is -0.368 e. The summed E-state index contributed by atoms with van der Waals surface area (Å²) in [6.45, 7) is 8.48. The van der Waals surface area contributed by atoms with Gasteiger partial charge in [0.15, 0.2) is 5.82 Å². The summed E-state index contributed by atoms with van der Waals surface area (Å²) in [6, 6.07) is 12.6. The molecule has 0 radical (unpaired) electrons. The molecule has 0 aliphatic carbocycles. The van der Waals surface area contributed by atoms with Crippen LogP contribution in [0.3, 0.4) is 0 Å². The van der Waals surface area contributed by atoms with E-state index in [2.05, 4.69) is 56.8 Å². The Balaban J connectivity index is 1.57. The summed E-state index contributed by atoms with van der Waals surface area (Å²) in [4.78, 5) is 18.5. The molecule has 0 saturated carbocycles. The van der Waals surface area contributed by atoms with Crippen molar-refractivity contribution in [3.05, 3.63) is 73.0 Å². The van der Waals surface area contributed by atoms with Crippen LogP contribution < -0.4 is 15.1 Å². The average molecular weight is 384 g/mol. The number of nitrogens with one attached hydrogen (secondary N) is 1. The number of hydrogen-bond acceptors (Lipinski definition) is 6. The van der Waals surface area contributed by atoms with E-state index in [-0.39, 0.29) is 0 Å². The van der Waals surface area contributed by atoms with Gasteiger partial charge in [-0.3, -0.25) is 4.98 Å². The first-order valence-electron chi connectivity index (χ1n) is 10.0. The van der Waals surface area contributed by atoms with Crippen molar-refractivity contribution < 1.29 is 0 Å². The maximum Gasteiger partial charge on any atom is 0.158 e. The van der Waals surface area contributed by atoms with Crippen LogP contribution in [0.15, 0.2) is 67.4 Å². The zero-order chi connectivity index (χ0) is 19.8. The van der Waals surface area contributed by atoms with Crippen LogP contribution in [0.25, 0.3) is 11.3 Å².